The first-order valence-corrected chi connectivity index (χ1v) is 9.48. The summed E-state index contributed by atoms with van der Waals surface area (Å²) < 4.78 is 29.8. The van der Waals surface area contributed by atoms with Crippen LogP contribution in [0.25, 0.3) is 5.69 Å². The van der Waals surface area contributed by atoms with Gasteiger partial charge in [-0.2, -0.15) is 5.10 Å². The fourth-order valence-electron chi connectivity index (χ4n) is 2.96. The zero-order chi connectivity index (χ0) is 21.7. The van der Waals surface area contributed by atoms with E-state index in [1.165, 1.54) is 13.0 Å². The molecule has 1 heterocycles. The van der Waals surface area contributed by atoms with E-state index in [9.17, 15) is 18.4 Å². The molecule has 0 aliphatic carbocycles. The molecule has 0 fully saturated rings. The van der Waals surface area contributed by atoms with E-state index in [1.54, 1.807) is 41.3 Å². The molecule has 1 atom stereocenters. The van der Waals surface area contributed by atoms with Crippen LogP contribution in [0.3, 0.4) is 0 Å². The summed E-state index contributed by atoms with van der Waals surface area (Å²) in [6, 6.07) is 9.34. The summed E-state index contributed by atoms with van der Waals surface area (Å²) in [7, 11) is 0. The third-order valence-electron chi connectivity index (χ3n) is 4.33. The summed E-state index contributed by atoms with van der Waals surface area (Å²) in [5.74, 6) is -2.63. The Morgan fingerprint density at radius 3 is 2.43 bits per heavy atom. The maximum Gasteiger partial charge on any atom is 0.222 e. The number of hydrogen-bond donors (Lipinski definition) is 2. The minimum Gasteiger partial charge on any atom is -0.352 e. The SMILES string of the molecule is CC(=O)NC(CC(=O)NCc1cnn(-c2ccc(Cl)cc2)c1)c1c(F)cccc1F. The second kappa shape index (κ2) is 9.49. The van der Waals surface area contributed by atoms with E-state index in [2.05, 4.69) is 15.7 Å². The Bertz CT molecular complexity index is 1030. The lowest BCUT2D eigenvalue weighted by Crippen LogP contribution is -2.33. The zero-order valence-electron chi connectivity index (χ0n) is 16.0. The van der Waals surface area contributed by atoms with Gasteiger partial charge in [-0.3, -0.25) is 9.59 Å². The molecule has 3 rings (SSSR count). The van der Waals surface area contributed by atoms with Gasteiger partial charge < -0.3 is 10.6 Å². The highest BCUT2D eigenvalue weighted by atomic mass is 35.5. The van der Waals surface area contributed by atoms with Crippen LogP contribution in [0.5, 0.6) is 0 Å². The number of amides is 2. The summed E-state index contributed by atoms with van der Waals surface area (Å²) >= 11 is 5.88. The van der Waals surface area contributed by atoms with Crippen LogP contribution in [0, 0.1) is 11.6 Å². The van der Waals surface area contributed by atoms with Gasteiger partial charge in [-0.25, -0.2) is 13.5 Å². The van der Waals surface area contributed by atoms with Crippen LogP contribution >= 0.6 is 11.6 Å². The van der Waals surface area contributed by atoms with E-state index < -0.39 is 29.5 Å². The van der Waals surface area contributed by atoms with Crippen LogP contribution < -0.4 is 10.6 Å². The lowest BCUT2D eigenvalue weighted by molar-refractivity contribution is -0.123. The second-order valence-corrected chi connectivity index (χ2v) is 7.08. The molecule has 9 heteroatoms. The number of carbonyl (C=O) groups excluding carboxylic acids is 2. The van der Waals surface area contributed by atoms with E-state index in [1.807, 2.05) is 0 Å². The fourth-order valence-corrected chi connectivity index (χ4v) is 3.08. The van der Waals surface area contributed by atoms with Gasteiger partial charge >= 0.3 is 0 Å². The molecule has 0 saturated heterocycles. The maximum absolute atomic E-state index is 14.1. The largest absolute Gasteiger partial charge is 0.352 e. The predicted molar refractivity (Wildman–Crippen MR) is 108 cm³/mol. The Morgan fingerprint density at radius 2 is 1.80 bits per heavy atom. The van der Waals surface area contributed by atoms with Gasteiger partial charge in [-0.1, -0.05) is 17.7 Å². The summed E-state index contributed by atoms with van der Waals surface area (Å²) in [5.41, 5.74) is 1.18. The van der Waals surface area contributed by atoms with E-state index >= 15 is 0 Å². The fraction of sp³-hybridized carbons (Fsp3) is 0.190. The van der Waals surface area contributed by atoms with Crippen molar-refractivity contribution < 1.29 is 18.4 Å². The molecule has 156 valence electrons. The molecule has 0 saturated carbocycles. The van der Waals surface area contributed by atoms with Crippen LogP contribution in [0.1, 0.15) is 30.5 Å². The van der Waals surface area contributed by atoms with Crippen LogP contribution in [0.15, 0.2) is 54.9 Å². The quantitative estimate of drug-likeness (QED) is 0.598. The second-order valence-electron chi connectivity index (χ2n) is 6.64. The highest BCUT2D eigenvalue weighted by molar-refractivity contribution is 6.30. The number of rotatable bonds is 7. The summed E-state index contributed by atoms with van der Waals surface area (Å²) in [6.45, 7) is 1.38. The molecule has 0 aliphatic rings. The van der Waals surface area contributed by atoms with Gasteiger partial charge in [0.25, 0.3) is 0 Å². The number of benzene rings is 2. The third-order valence-corrected chi connectivity index (χ3v) is 4.58. The Hall–Kier alpha value is -3.26. The van der Waals surface area contributed by atoms with Crippen LogP contribution in [0.4, 0.5) is 8.78 Å². The lowest BCUT2D eigenvalue weighted by Gasteiger charge is -2.19. The zero-order valence-corrected chi connectivity index (χ0v) is 16.8. The first-order chi connectivity index (χ1) is 14.3. The van der Waals surface area contributed by atoms with Gasteiger partial charge in [0.2, 0.25) is 11.8 Å². The molecule has 0 radical (unpaired) electrons. The molecule has 0 aliphatic heterocycles. The maximum atomic E-state index is 14.1. The van der Waals surface area contributed by atoms with Gasteiger partial charge in [0.05, 0.1) is 24.3 Å². The lowest BCUT2D eigenvalue weighted by atomic mass is 10.0. The molecule has 6 nitrogen and oxygen atoms in total. The van der Waals surface area contributed by atoms with Crippen molar-refractivity contribution >= 4 is 23.4 Å². The molecule has 2 amide bonds. The standard InChI is InChI=1S/C21H19ClF2N4O2/c1-13(29)27-19(21-17(23)3-2-4-18(21)24)9-20(30)25-10-14-11-26-28(12-14)16-7-5-15(22)6-8-16/h2-8,11-12,19H,9-10H2,1H3,(H,25,30)(H,27,29). The minimum absolute atomic E-state index is 0.166. The first kappa shape index (κ1) is 21.4. The molecule has 1 aromatic heterocycles. The molecule has 3 aromatic rings. The summed E-state index contributed by atoms with van der Waals surface area (Å²) in [4.78, 5) is 23.8. The van der Waals surface area contributed by atoms with Crippen molar-refractivity contribution in [3.63, 3.8) is 0 Å². The van der Waals surface area contributed by atoms with Gasteiger partial charge in [0, 0.05) is 35.8 Å². The third kappa shape index (κ3) is 5.42. The molecule has 1 unspecified atom stereocenters. The van der Waals surface area contributed by atoms with Gasteiger partial charge in [0.15, 0.2) is 0 Å². The summed E-state index contributed by atoms with van der Waals surface area (Å²) in [5, 5.41) is 9.95. The van der Waals surface area contributed by atoms with Crippen molar-refractivity contribution in [3.05, 3.63) is 82.6 Å². The van der Waals surface area contributed by atoms with Gasteiger partial charge in [0.1, 0.15) is 11.6 Å². The highest BCUT2D eigenvalue weighted by Crippen LogP contribution is 2.23. The number of nitrogens with zero attached hydrogens (tertiary/aromatic N) is 2. The Balaban J connectivity index is 1.65. The predicted octanol–water partition coefficient (Wildman–Crippen LogP) is 3.69. The topological polar surface area (TPSA) is 76.0 Å². The molecule has 0 spiro atoms. The first-order valence-electron chi connectivity index (χ1n) is 9.10. The van der Waals surface area contributed by atoms with Crippen molar-refractivity contribution in [1.29, 1.82) is 0 Å². The van der Waals surface area contributed by atoms with E-state index in [0.29, 0.717) is 5.02 Å². The van der Waals surface area contributed by atoms with Crippen molar-refractivity contribution in [1.82, 2.24) is 20.4 Å². The number of aromatic nitrogens is 2. The Labute approximate surface area is 176 Å². The average Bonchev–Trinajstić information content (AvgIpc) is 3.15. The highest BCUT2D eigenvalue weighted by Gasteiger charge is 2.23. The van der Waals surface area contributed by atoms with Crippen molar-refractivity contribution in [2.75, 3.05) is 0 Å². The normalized spacial score (nSPS) is 11.7. The van der Waals surface area contributed by atoms with Crippen LogP contribution in [-0.2, 0) is 16.1 Å². The van der Waals surface area contributed by atoms with Crippen LogP contribution in [0.2, 0.25) is 5.02 Å². The average molecular weight is 433 g/mol. The number of carbonyl (C=O) groups is 2. The number of hydrogen-bond acceptors (Lipinski definition) is 3. The monoisotopic (exact) mass is 432 g/mol. The summed E-state index contributed by atoms with van der Waals surface area (Å²) in [6.07, 6.45) is 3.02. The van der Waals surface area contributed by atoms with Gasteiger partial charge in [-0.05, 0) is 36.4 Å². The Morgan fingerprint density at radius 1 is 1.13 bits per heavy atom. The van der Waals surface area contributed by atoms with E-state index in [-0.39, 0.29) is 18.5 Å². The van der Waals surface area contributed by atoms with Gasteiger partial charge in [-0.15, -0.1) is 0 Å². The van der Waals surface area contributed by atoms with Crippen molar-refractivity contribution in [2.24, 2.45) is 0 Å². The number of nitrogens with one attached hydrogen (secondary N) is 2. The van der Waals surface area contributed by atoms with Crippen molar-refractivity contribution in [3.8, 4) is 5.69 Å². The number of halogens is 3. The molecule has 2 N–H and O–H groups in total. The smallest absolute Gasteiger partial charge is 0.222 e. The molecule has 30 heavy (non-hydrogen) atoms. The molecular weight excluding hydrogens is 414 g/mol. The molecular formula is C21H19ClF2N4O2. The van der Waals surface area contributed by atoms with E-state index in [4.69, 9.17) is 11.6 Å². The molecule has 0 bridgehead atoms. The minimum atomic E-state index is -1.12. The van der Waals surface area contributed by atoms with Crippen LogP contribution in [-0.4, -0.2) is 21.6 Å². The van der Waals surface area contributed by atoms with Crippen molar-refractivity contribution in [2.45, 2.75) is 25.9 Å². The molecule has 2 aromatic carbocycles. The van der Waals surface area contributed by atoms with E-state index in [0.717, 1.165) is 23.4 Å². The Kier molecular flexibility index (Phi) is 6.79.